The normalized spacial score (nSPS) is 13.7. The van der Waals surface area contributed by atoms with E-state index in [1.54, 1.807) is 5.19 Å². The first-order valence-corrected chi connectivity index (χ1v) is 19.9. The average molecular weight is 494 g/mol. The first kappa shape index (κ1) is 24.1. The summed E-state index contributed by atoms with van der Waals surface area (Å²) < 4.78 is 2.59. The van der Waals surface area contributed by atoms with E-state index in [-0.39, 0.29) is 0 Å². The van der Waals surface area contributed by atoms with Gasteiger partial charge in [0.05, 0.1) is 32.7 Å². The Bertz CT molecular complexity index is 1750. The molecule has 0 radical (unpaired) electrons. The minimum atomic E-state index is -1.66. The van der Waals surface area contributed by atoms with Gasteiger partial charge in [-0.15, -0.1) is 0 Å². The van der Waals surface area contributed by atoms with Gasteiger partial charge in [0.15, 0.2) is 0 Å². The highest BCUT2D eigenvalue weighted by atomic mass is 28.3. The van der Waals surface area contributed by atoms with Crippen LogP contribution in [0, 0.1) is 20.8 Å². The van der Waals surface area contributed by atoms with Gasteiger partial charge in [-0.25, -0.2) is 0 Å². The van der Waals surface area contributed by atoms with Gasteiger partial charge in [0.25, 0.3) is 0 Å². The number of para-hydroxylation sites is 1. The summed E-state index contributed by atoms with van der Waals surface area (Å²) in [6.45, 7) is 28.8. The summed E-state index contributed by atoms with van der Waals surface area (Å²) in [6, 6.07) is 14.0. The largest absolute Gasteiger partial charge is 0.308 e. The Labute approximate surface area is 212 Å². The molecule has 0 fully saturated rings. The maximum Gasteiger partial charge on any atom is 0.0785 e. The molecule has 1 nitrogen and oxygen atoms in total. The number of aromatic nitrogens is 1. The Morgan fingerprint density at radius 3 is 2.09 bits per heavy atom. The summed E-state index contributed by atoms with van der Waals surface area (Å²) in [6.07, 6.45) is 2.39. The lowest BCUT2D eigenvalue weighted by molar-refractivity contribution is 1.27. The standard InChI is InChI=1S/C32H39NSi2/c1-12-26(34(6,7)8)24-18-27(35(9,10)11)30-23-15-13-14-16-25(23)33-31-20(3)17-19(2)21(4)28(31)22(5)29(24)32(30)33/h12-18H,5H2,1-4,6-11H3/b26-12+. The monoisotopic (exact) mass is 493 g/mol. The van der Waals surface area contributed by atoms with Crippen LogP contribution in [0.1, 0.15) is 29.2 Å². The van der Waals surface area contributed by atoms with Gasteiger partial charge in [-0.1, -0.05) is 87.5 Å². The number of pyridine rings is 1. The van der Waals surface area contributed by atoms with Gasteiger partial charge in [0.1, 0.15) is 0 Å². The third kappa shape index (κ3) is 3.31. The van der Waals surface area contributed by atoms with Crippen LogP contribution in [0.5, 0.6) is 0 Å². The fraction of sp³-hybridized carbons (Fsp3) is 0.312. The number of aryl methyl sites for hydroxylation is 3. The van der Waals surface area contributed by atoms with Crippen molar-refractivity contribution < 1.29 is 0 Å². The third-order valence-corrected chi connectivity index (χ3v) is 12.2. The molecule has 2 heterocycles. The molecule has 180 valence electrons. The van der Waals surface area contributed by atoms with Crippen LogP contribution < -0.4 is 10.4 Å². The van der Waals surface area contributed by atoms with Crippen molar-refractivity contribution in [3.8, 4) is 0 Å². The smallest absolute Gasteiger partial charge is 0.0785 e. The lowest BCUT2D eigenvalue weighted by Gasteiger charge is -2.27. The number of nitrogens with zero attached hydrogens (tertiary/aromatic N) is 1. The highest BCUT2D eigenvalue weighted by Gasteiger charge is 2.30. The van der Waals surface area contributed by atoms with Crippen LogP contribution in [-0.4, -0.2) is 20.5 Å². The van der Waals surface area contributed by atoms with E-state index in [2.05, 4.69) is 114 Å². The van der Waals surface area contributed by atoms with Crippen molar-refractivity contribution in [1.82, 2.24) is 4.40 Å². The van der Waals surface area contributed by atoms with Crippen molar-refractivity contribution in [1.29, 1.82) is 0 Å². The van der Waals surface area contributed by atoms with E-state index in [9.17, 15) is 0 Å². The molecule has 3 aromatic carbocycles. The molecule has 0 aliphatic heterocycles. The topological polar surface area (TPSA) is 4.41 Å². The highest BCUT2D eigenvalue weighted by molar-refractivity contribution is 6.94. The van der Waals surface area contributed by atoms with Crippen LogP contribution in [0.15, 0.2) is 42.5 Å². The predicted octanol–water partition coefficient (Wildman–Crippen LogP) is 8.28. The molecule has 0 amide bonds. The Morgan fingerprint density at radius 2 is 1.49 bits per heavy atom. The van der Waals surface area contributed by atoms with Crippen molar-refractivity contribution in [2.24, 2.45) is 0 Å². The molecule has 0 spiro atoms. The molecule has 0 aliphatic rings. The molecule has 0 saturated heterocycles. The first-order chi connectivity index (χ1) is 16.3. The molecule has 0 unspecified atom stereocenters. The Morgan fingerprint density at radius 1 is 0.829 bits per heavy atom. The lowest BCUT2D eigenvalue weighted by Crippen LogP contribution is -2.39. The SMILES string of the molecule is C=c1c2c(C)c(C)cc(C)c2n2c3ccccc3c3c([Si](C)(C)C)cc(/C(=C\C)[Si](C)(C)C)c1c32. The number of benzene rings is 3. The molecular weight excluding hydrogens is 455 g/mol. The molecule has 35 heavy (non-hydrogen) atoms. The second kappa shape index (κ2) is 7.68. The fourth-order valence-electron chi connectivity index (χ4n) is 6.36. The minimum Gasteiger partial charge on any atom is -0.308 e. The summed E-state index contributed by atoms with van der Waals surface area (Å²) >= 11 is 0. The number of rotatable bonds is 3. The van der Waals surface area contributed by atoms with Gasteiger partial charge in [0, 0.05) is 21.5 Å². The average Bonchev–Trinajstić information content (AvgIpc) is 3.09. The second-order valence-corrected chi connectivity index (χ2v) is 22.5. The van der Waals surface area contributed by atoms with Crippen molar-refractivity contribution in [3.63, 3.8) is 0 Å². The van der Waals surface area contributed by atoms with Crippen molar-refractivity contribution in [2.75, 3.05) is 0 Å². The zero-order chi connectivity index (χ0) is 25.6. The van der Waals surface area contributed by atoms with E-state index in [1.807, 2.05) is 0 Å². The summed E-state index contributed by atoms with van der Waals surface area (Å²) in [7, 11) is -3.27. The van der Waals surface area contributed by atoms with E-state index in [0.717, 1.165) is 0 Å². The fourth-order valence-corrected chi connectivity index (χ4v) is 9.81. The maximum absolute atomic E-state index is 4.83. The molecule has 0 saturated carbocycles. The minimum absolute atomic E-state index is 1.19. The Balaban J connectivity index is 2.28. The van der Waals surface area contributed by atoms with Gasteiger partial charge >= 0.3 is 0 Å². The number of hydrogen-bond donors (Lipinski definition) is 0. The van der Waals surface area contributed by atoms with Crippen molar-refractivity contribution in [2.45, 2.75) is 67.0 Å². The predicted molar refractivity (Wildman–Crippen MR) is 165 cm³/mol. The number of fused-ring (bicyclic) bond motifs is 5. The summed E-state index contributed by atoms with van der Waals surface area (Å²) in [5.41, 5.74) is 9.46. The number of allylic oxidation sites excluding steroid dienone is 1. The van der Waals surface area contributed by atoms with Gasteiger partial charge in [0.2, 0.25) is 0 Å². The highest BCUT2D eigenvalue weighted by Crippen LogP contribution is 2.40. The third-order valence-electron chi connectivity index (χ3n) is 7.97. The van der Waals surface area contributed by atoms with E-state index < -0.39 is 16.1 Å². The lowest BCUT2D eigenvalue weighted by atomic mass is 9.94. The van der Waals surface area contributed by atoms with Gasteiger partial charge in [-0.3, -0.25) is 0 Å². The van der Waals surface area contributed by atoms with Crippen LogP contribution in [0.25, 0.3) is 49.9 Å². The van der Waals surface area contributed by atoms with Crippen molar-refractivity contribution >= 4 is 71.2 Å². The molecule has 5 aromatic rings. The van der Waals surface area contributed by atoms with Crippen LogP contribution in [0.2, 0.25) is 39.3 Å². The molecular formula is C32H39NSi2. The van der Waals surface area contributed by atoms with Gasteiger partial charge < -0.3 is 4.40 Å². The summed E-state index contributed by atoms with van der Waals surface area (Å²) in [4.78, 5) is 0. The van der Waals surface area contributed by atoms with Crippen LogP contribution >= 0.6 is 0 Å². The molecule has 0 atom stereocenters. The zero-order valence-electron chi connectivity index (χ0n) is 23.2. The summed E-state index contributed by atoms with van der Waals surface area (Å²) in [5.74, 6) is 0. The van der Waals surface area contributed by atoms with Crippen LogP contribution in [0.4, 0.5) is 0 Å². The van der Waals surface area contributed by atoms with Crippen LogP contribution in [-0.2, 0) is 0 Å². The number of hydrogen-bond acceptors (Lipinski definition) is 0. The maximum atomic E-state index is 4.83. The second-order valence-electron chi connectivity index (χ2n) is 12.5. The van der Waals surface area contributed by atoms with E-state index in [4.69, 9.17) is 6.58 Å². The molecule has 0 aliphatic carbocycles. The molecule has 0 N–H and O–H groups in total. The summed E-state index contributed by atoms with van der Waals surface area (Å²) in [5, 5.41) is 9.81. The molecule has 0 bridgehead atoms. The van der Waals surface area contributed by atoms with Gasteiger partial charge in [-0.2, -0.15) is 0 Å². The molecule has 5 rings (SSSR count). The Hall–Kier alpha value is -2.63. The molecule has 3 heteroatoms. The van der Waals surface area contributed by atoms with Crippen LogP contribution in [0.3, 0.4) is 0 Å². The van der Waals surface area contributed by atoms with E-state index >= 15 is 0 Å². The van der Waals surface area contributed by atoms with Crippen molar-refractivity contribution in [3.05, 3.63) is 69.9 Å². The zero-order valence-corrected chi connectivity index (χ0v) is 25.2. The van der Waals surface area contributed by atoms with E-state index in [0.29, 0.717) is 0 Å². The van der Waals surface area contributed by atoms with E-state index in [1.165, 1.54) is 70.8 Å². The quantitative estimate of drug-likeness (QED) is 0.176. The van der Waals surface area contributed by atoms with Gasteiger partial charge in [-0.05, 0) is 66.4 Å². The Kier molecular flexibility index (Phi) is 5.29. The first-order valence-electron chi connectivity index (χ1n) is 12.9. The molecule has 2 aromatic heterocycles.